The smallest absolute Gasteiger partial charge is 0.323 e. The van der Waals surface area contributed by atoms with E-state index in [1.807, 2.05) is 6.07 Å². The molecule has 0 atom stereocenters. The largest absolute Gasteiger partial charge is 0.480 e. The molecule has 0 saturated heterocycles. The molecule has 1 N–H and O–H groups in total. The summed E-state index contributed by atoms with van der Waals surface area (Å²) >= 11 is 6.00. The minimum atomic E-state index is -0.952. The first-order valence-corrected chi connectivity index (χ1v) is 5.23. The lowest BCUT2D eigenvalue weighted by atomic mass is 10.2. The van der Waals surface area contributed by atoms with Crippen molar-refractivity contribution in [3.63, 3.8) is 0 Å². The molecule has 0 aromatic heterocycles. The van der Waals surface area contributed by atoms with E-state index in [0.29, 0.717) is 22.8 Å². The van der Waals surface area contributed by atoms with Gasteiger partial charge in [-0.3, -0.25) is 4.79 Å². The zero-order valence-corrected chi connectivity index (χ0v) is 9.81. The van der Waals surface area contributed by atoms with Gasteiger partial charge < -0.3 is 10.0 Å². The third kappa shape index (κ3) is 3.51. The monoisotopic (exact) mass is 250 g/mol. The SMILES string of the molecule is C=CCN(CC(=O)O)c1ccc(C#N)cc1Cl. The van der Waals surface area contributed by atoms with Gasteiger partial charge in [0, 0.05) is 6.54 Å². The van der Waals surface area contributed by atoms with Crippen LogP contribution in [0.5, 0.6) is 0 Å². The molecule has 0 radical (unpaired) electrons. The van der Waals surface area contributed by atoms with Gasteiger partial charge >= 0.3 is 5.97 Å². The fourth-order valence-corrected chi connectivity index (χ4v) is 1.70. The highest BCUT2D eigenvalue weighted by atomic mass is 35.5. The van der Waals surface area contributed by atoms with Gasteiger partial charge in [-0.1, -0.05) is 17.7 Å². The van der Waals surface area contributed by atoms with Crippen LogP contribution in [0.3, 0.4) is 0 Å². The van der Waals surface area contributed by atoms with Crippen molar-refractivity contribution in [2.24, 2.45) is 0 Å². The number of nitrogens with zero attached hydrogens (tertiary/aromatic N) is 2. The maximum Gasteiger partial charge on any atom is 0.323 e. The number of carbonyl (C=O) groups is 1. The van der Waals surface area contributed by atoms with Crippen molar-refractivity contribution in [3.05, 3.63) is 41.4 Å². The molecule has 88 valence electrons. The van der Waals surface area contributed by atoms with Crippen LogP contribution in [0.25, 0.3) is 0 Å². The van der Waals surface area contributed by atoms with Crippen molar-refractivity contribution >= 4 is 23.3 Å². The second kappa shape index (κ2) is 5.92. The predicted molar refractivity (Wildman–Crippen MR) is 66.2 cm³/mol. The first-order chi connectivity index (χ1) is 8.08. The second-order valence-electron chi connectivity index (χ2n) is 3.34. The number of hydrogen-bond donors (Lipinski definition) is 1. The number of nitriles is 1. The van der Waals surface area contributed by atoms with Crippen LogP contribution in [0.4, 0.5) is 5.69 Å². The topological polar surface area (TPSA) is 64.3 Å². The number of benzene rings is 1. The van der Waals surface area contributed by atoms with E-state index >= 15 is 0 Å². The molecule has 1 aromatic rings. The van der Waals surface area contributed by atoms with Crippen LogP contribution >= 0.6 is 11.6 Å². The van der Waals surface area contributed by atoms with Gasteiger partial charge in [0.15, 0.2) is 0 Å². The maximum absolute atomic E-state index is 10.7. The zero-order chi connectivity index (χ0) is 12.8. The van der Waals surface area contributed by atoms with E-state index in [4.69, 9.17) is 22.0 Å². The van der Waals surface area contributed by atoms with Gasteiger partial charge in [0.05, 0.1) is 22.3 Å². The van der Waals surface area contributed by atoms with E-state index < -0.39 is 5.97 Å². The third-order valence-corrected chi connectivity index (χ3v) is 2.40. The Balaban J connectivity index is 3.05. The summed E-state index contributed by atoms with van der Waals surface area (Å²) in [5, 5.41) is 17.9. The van der Waals surface area contributed by atoms with Gasteiger partial charge in [-0.25, -0.2) is 0 Å². The predicted octanol–water partition coefficient (Wildman–Crippen LogP) is 2.29. The number of aliphatic carboxylic acids is 1. The Bertz CT molecular complexity index is 480. The first kappa shape index (κ1) is 13.1. The molecule has 0 unspecified atom stereocenters. The van der Waals surface area contributed by atoms with Gasteiger partial charge in [0.1, 0.15) is 6.54 Å². The maximum atomic E-state index is 10.7. The highest BCUT2D eigenvalue weighted by molar-refractivity contribution is 6.33. The third-order valence-electron chi connectivity index (χ3n) is 2.09. The first-order valence-electron chi connectivity index (χ1n) is 4.85. The highest BCUT2D eigenvalue weighted by Crippen LogP contribution is 2.26. The summed E-state index contributed by atoms with van der Waals surface area (Å²) in [5.41, 5.74) is 1.01. The summed E-state index contributed by atoms with van der Waals surface area (Å²) in [7, 11) is 0. The molecule has 0 amide bonds. The lowest BCUT2D eigenvalue weighted by Gasteiger charge is -2.22. The summed E-state index contributed by atoms with van der Waals surface area (Å²) in [6.07, 6.45) is 1.59. The molecule has 0 aliphatic carbocycles. The molecule has 0 heterocycles. The minimum Gasteiger partial charge on any atom is -0.480 e. The molecule has 17 heavy (non-hydrogen) atoms. The highest BCUT2D eigenvalue weighted by Gasteiger charge is 2.12. The average molecular weight is 251 g/mol. The molecule has 0 aliphatic rings. The van der Waals surface area contributed by atoms with Crippen LogP contribution in [0.2, 0.25) is 5.02 Å². The van der Waals surface area contributed by atoms with E-state index in [2.05, 4.69) is 6.58 Å². The summed E-state index contributed by atoms with van der Waals surface area (Å²) < 4.78 is 0. The van der Waals surface area contributed by atoms with Crippen molar-refractivity contribution in [2.75, 3.05) is 18.0 Å². The Morgan fingerprint density at radius 3 is 2.82 bits per heavy atom. The van der Waals surface area contributed by atoms with Crippen molar-refractivity contribution in [1.82, 2.24) is 0 Å². The zero-order valence-electron chi connectivity index (χ0n) is 9.06. The molecule has 1 rings (SSSR count). The standard InChI is InChI=1S/C12H11ClN2O2/c1-2-5-15(8-12(16)17)11-4-3-9(7-14)6-10(11)13/h2-4,6H,1,5,8H2,(H,16,17). The molecular formula is C12H11ClN2O2. The molecular weight excluding hydrogens is 240 g/mol. The number of halogens is 1. The van der Waals surface area contributed by atoms with E-state index in [-0.39, 0.29) is 6.54 Å². The number of anilines is 1. The van der Waals surface area contributed by atoms with Crippen molar-refractivity contribution in [1.29, 1.82) is 5.26 Å². The Morgan fingerprint density at radius 1 is 1.65 bits per heavy atom. The molecule has 5 heteroatoms. The number of rotatable bonds is 5. The fraction of sp³-hybridized carbons (Fsp3) is 0.167. The summed E-state index contributed by atoms with van der Waals surface area (Å²) in [6.45, 7) is 3.77. The van der Waals surface area contributed by atoms with Crippen LogP contribution in [-0.2, 0) is 4.79 Å². The van der Waals surface area contributed by atoms with Gasteiger partial charge in [0.25, 0.3) is 0 Å². The summed E-state index contributed by atoms with van der Waals surface area (Å²) in [5.74, 6) is -0.952. The van der Waals surface area contributed by atoms with E-state index in [1.54, 1.807) is 23.1 Å². The summed E-state index contributed by atoms with van der Waals surface area (Å²) in [6, 6.07) is 6.70. The number of carboxylic acids is 1. The lowest BCUT2D eigenvalue weighted by molar-refractivity contribution is -0.135. The minimum absolute atomic E-state index is 0.169. The fourth-order valence-electron chi connectivity index (χ4n) is 1.40. The van der Waals surface area contributed by atoms with Gasteiger partial charge in [0.2, 0.25) is 0 Å². The summed E-state index contributed by atoms with van der Waals surface area (Å²) in [4.78, 5) is 12.3. The molecule has 1 aromatic carbocycles. The van der Waals surface area contributed by atoms with Crippen LogP contribution in [-0.4, -0.2) is 24.2 Å². The Labute approximate surface area is 104 Å². The van der Waals surface area contributed by atoms with Gasteiger partial charge in [-0.05, 0) is 18.2 Å². The quantitative estimate of drug-likeness (QED) is 0.815. The second-order valence-corrected chi connectivity index (χ2v) is 3.75. The van der Waals surface area contributed by atoms with Crippen molar-refractivity contribution in [3.8, 4) is 6.07 Å². The van der Waals surface area contributed by atoms with Crippen LogP contribution in [0.15, 0.2) is 30.9 Å². The van der Waals surface area contributed by atoms with Crippen LogP contribution < -0.4 is 4.90 Å². The number of carboxylic acid groups (broad SMARTS) is 1. The van der Waals surface area contributed by atoms with E-state index in [0.717, 1.165) is 0 Å². The normalized spacial score (nSPS) is 9.41. The van der Waals surface area contributed by atoms with Crippen LogP contribution in [0, 0.1) is 11.3 Å². The van der Waals surface area contributed by atoms with Crippen molar-refractivity contribution in [2.45, 2.75) is 0 Å². The van der Waals surface area contributed by atoms with Crippen molar-refractivity contribution < 1.29 is 9.90 Å². The van der Waals surface area contributed by atoms with E-state index in [1.165, 1.54) is 6.07 Å². The van der Waals surface area contributed by atoms with Gasteiger partial charge in [-0.15, -0.1) is 6.58 Å². The molecule has 0 bridgehead atoms. The van der Waals surface area contributed by atoms with Crippen LogP contribution in [0.1, 0.15) is 5.56 Å². The lowest BCUT2D eigenvalue weighted by Crippen LogP contribution is -2.29. The molecule has 0 saturated carbocycles. The average Bonchev–Trinajstić information content (AvgIpc) is 2.27. The molecule has 0 spiro atoms. The number of hydrogen-bond acceptors (Lipinski definition) is 3. The Kier molecular flexibility index (Phi) is 4.56. The molecule has 0 aliphatic heterocycles. The molecule has 0 fully saturated rings. The Morgan fingerprint density at radius 2 is 2.35 bits per heavy atom. The Hall–Kier alpha value is -1.99. The molecule has 4 nitrogen and oxygen atoms in total. The van der Waals surface area contributed by atoms with Gasteiger partial charge in [-0.2, -0.15) is 5.26 Å². The van der Waals surface area contributed by atoms with E-state index in [9.17, 15) is 4.79 Å².